The molecule has 0 fully saturated rings. The number of halogens is 1. The van der Waals surface area contributed by atoms with E-state index in [1.165, 1.54) is 0 Å². The number of amides is 2. The van der Waals surface area contributed by atoms with Crippen molar-refractivity contribution in [1.29, 1.82) is 0 Å². The molecule has 2 amide bonds. The van der Waals surface area contributed by atoms with Crippen molar-refractivity contribution in [3.8, 4) is 0 Å². The minimum atomic E-state index is -0.151. The van der Waals surface area contributed by atoms with Crippen molar-refractivity contribution in [2.45, 2.75) is 20.4 Å². The molecular weight excluding hydrogens is 278 g/mol. The van der Waals surface area contributed by atoms with E-state index in [1.54, 1.807) is 12.1 Å². The van der Waals surface area contributed by atoms with Crippen LogP contribution in [-0.4, -0.2) is 24.9 Å². The number of rotatable bonds is 6. The Balaban J connectivity index is 0.00000361. The average Bonchev–Trinajstić information content (AvgIpc) is 2.43. The molecule has 0 saturated carbocycles. The summed E-state index contributed by atoms with van der Waals surface area (Å²) in [5.41, 5.74) is 7.06. The van der Waals surface area contributed by atoms with Crippen molar-refractivity contribution in [3.05, 3.63) is 35.4 Å². The molecule has 0 radical (unpaired) electrons. The van der Waals surface area contributed by atoms with E-state index in [-0.39, 0.29) is 30.1 Å². The van der Waals surface area contributed by atoms with Gasteiger partial charge in [-0.15, -0.1) is 12.4 Å². The van der Waals surface area contributed by atoms with E-state index >= 15 is 0 Å². The van der Waals surface area contributed by atoms with Gasteiger partial charge in [0.15, 0.2) is 0 Å². The van der Waals surface area contributed by atoms with Gasteiger partial charge in [0, 0.05) is 31.1 Å². The zero-order valence-electron chi connectivity index (χ0n) is 11.8. The molecule has 1 rings (SSSR count). The Labute approximate surface area is 125 Å². The van der Waals surface area contributed by atoms with Crippen LogP contribution >= 0.6 is 12.4 Å². The Morgan fingerprint density at radius 2 is 1.65 bits per heavy atom. The minimum Gasteiger partial charge on any atom is -0.354 e. The highest BCUT2D eigenvalue weighted by atomic mass is 35.5. The third-order valence-corrected chi connectivity index (χ3v) is 2.69. The second kappa shape index (κ2) is 9.34. The summed E-state index contributed by atoms with van der Waals surface area (Å²) in [4.78, 5) is 23.1. The normalized spacial score (nSPS) is 9.80. The molecule has 0 bridgehead atoms. The summed E-state index contributed by atoms with van der Waals surface area (Å²) in [7, 11) is 0. The van der Waals surface area contributed by atoms with Crippen LogP contribution in [-0.2, 0) is 11.3 Å². The molecule has 20 heavy (non-hydrogen) atoms. The molecule has 0 atom stereocenters. The van der Waals surface area contributed by atoms with E-state index in [2.05, 4.69) is 10.6 Å². The molecular formula is C14H22ClN3O2. The van der Waals surface area contributed by atoms with Gasteiger partial charge in [-0.1, -0.05) is 26.0 Å². The number of hydrogen-bond acceptors (Lipinski definition) is 3. The molecule has 0 spiro atoms. The predicted octanol–water partition coefficient (Wildman–Crippen LogP) is 1.07. The molecule has 0 aliphatic carbocycles. The SMILES string of the molecule is CC(C)C(=O)NCCNC(=O)c1ccc(CN)cc1.Cl. The number of hydrogen-bond donors (Lipinski definition) is 3. The summed E-state index contributed by atoms with van der Waals surface area (Å²) >= 11 is 0. The third kappa shape index (κ3) is 6.04. The molecule has 0 aliphatic rings. The standard InChI is InChI=1S/C14H21N3O2.ClH/c1-10(2)13(18)16-7-8-17-14(19)12-5-3-11(9-15)4-6-12;/h3-6,10H,7-9,15H2,1-2H3,(H,16,18)(H,17,19);1H. The molecule has 1 aromatic carbocycles. The lowest BCUT2D eigenvalue weighted by Gasteiger charge is -2.09. The Bertz CT molecular complexity index is 433. The van der Waals surface area contributed by atoms with Crippen LogP contribution in [0.2, 0.25) is 0 Å². The molecule has 0 saturated heterocycles. The quantitative estimate of drug-likeness (QED) is 0.687. The van der Waals surface area contributed by atoms with Gasteiger partial charge in [0.1, 0.15) is 0 Å². The highest BCUT2D eigenvalue weighted by Crippen LogP contribution is 2.03. The first-order valence-corrected chi connectivity index (χ1v) is 6.39. The molecule has 112 valence electrons. The van der Waals surface area contributed by atoms with E-state index < -0.39 is 0 Å². The topological polar surface area (TPSA) is 84.2 Å². The maximum absolute atomic E-state index is 11.8. The Hall–Kier alpha value is -1.59. The highest BCUT2D eigenvalue weighted by molar-refractivity contribution is 5.94. The number of carbonyl (C=O) groups is 2. The van der Waals surface area contributed by atoms with E-state index in [0.717, 1.165) is 5.56 Å². The van der Waals surface area contributed by atoms with Crippen LogP contribution in [0.3, 0.4) is 0 Å². The summed E-state index contributed by atoms with van der Waals surface area (Å²) in [6.07, 6.45) is 0. The second-order valence-corrected chi connectivity index (χ2v) is 4.60. The van der Waals surface area contributed by atoms with E-state index in [4.69, 9.17) is 5.73 Å². The van der Waals surface area contributed by atoms with E-state index in [1.807, 2.05) is 26.0 Å². The van der Waals surface area contributed by atoms with Gasteiger partial charge in [0.2, 0.25) is 5.91 Å². The fourth-order valence-corrected chi connectivity index (χ4v) is 1.46. The maximum Gasteiger partial charge on any atom is 0.251 e. The van der Waals surface area contributed by atoms with Gasteiger partial charge in [-0.25, -0.2) is 0 Å². The van der Waals surface area contributed by atoms with Crippen molar-refractivity contribution in [3.63, 3.8) is 0 Å². The van der Waals surface area contributed by atoms with Gasteiger partial charge in [0.05, 0.1) is 0 Å². The Kier molecular flexibility index (Phi) is 8.59. The van der Waals surface area contributed by atoms with Crippen LogP contribution in [0.25, 0.3) is 0 Å². The summed E-state index contributed by atoms with van der Waals surface area (Å²) in [5.74, 6) is -0.205. The van der Waals surface area contributed by atoms with Crippen molar-refractivity contribution in [2.24, 2.45) is 11.7 Å². The molecule has 6 heteroatoms. The van der Waals surface area contributed by atoms with Gasteiger partial charge in [-0.2, -0.15) is 0 Å². The average molecular weight is 300 g/mol. The first kappa shape index (κ1) is 18.4. The van der Waals surface area contributed by atoms with Gasteiger partial charge in [-0.3, -0.25) is 9.59 Å². The molecule has 1 aromatic rings. The zero-order chi connectivity index (χ0) is 14.3. The predicted molar refractivity (Wildman–Crippen MR) is 81.8 cm³/mol. The lowest BCUT2D eigenvalue weighted by molar-refractivity contribution is -0.123. The Morgan fingerprint density at radius 3 is 2.15 bits per heavy atom. The Morgan fingerprint density at radius 1 is 1.10 bits per heavy atom. The van der Waals surface area contributed by atoms with Crippen molar-refractivity contribution < 1.29 is 9.59 Å². The van der Waals surface area contributed by atoms with Crippen molar-refractivity contribution >= 4 is 24.2 Å². The fraction of sp³-hybridized carbons (Fsp3) is 0.429. The fourth-order valence-electron chi connectivity index (χ4n) is 1.46. The van der Waals surface area contributed by atoms with Crippen LogP contribution in [0.1, 0.15) is 29.8 Å². The molecule has 0 unspecified atom stereocenters. The van der Waals surface area contributed by atoms with Crippen LogP contribution in [0, 0.1) is 5.92 Å². The summed E-state index contributed by atoms with van der Waals surface area (Å²) in [6, 6.07) is 7.14. The smallest absolute Gasteiger partial charge is 0.251 e. The molecule has 0 aliphatic heterocycles. The van der Waals surface area contributed by atoms with Crippen LogP contribution in [0.15, 0.2) is 24.3 Å². The van der Waals surface area contributed by atoms with Gasteiger partial charge in [-0.05, 0) is 17.7 Å². The van der Waals surface area contributed by atoms with Crippen molar-refractivity contribution in [1.82, 2.24) is 10.6 Å². The van der Waals surface area contributed by atoms with Crippen LogP contribution < -0.4 is 16.4 Å². The first-order valence-electron chi connectivity index (χ1n) is 6.39. The lowest BCUT2D eigenvalue weighted by Crippen LogP contribution is -2.36. The van der Waals surface area contributed by atoms with Gasteiger partial charge < -0.3 is 16.4 Å². The maximum atomic E-state index is 11.8. The monoisotopic (exact) mass is 299 g/mol. The first-order chi connectivity index (χ1) is 9.04. The van der Waals surface area contributed by atoms with E-state index in [0.29, 0.717) is 25.2 Å². The summed E-state index contributed by atoms with van der Waals surface area (Å²) < 4.78 is 0. The molecule has 0 heterocycles. The largest absolute Gasteiger partial charge is 0.354 e. The minimum absolute atomic E-state index is 0. The van der Waals surface area contributed by atoms with Gasteiger partial charge >= 0.3 is 0 Å². The number of nitrogens with two attached hydrogens (primary N) is 1. The second-order valence-electron chi connectivity index (χ2n) is 4.60. The zero-order valence-corrected chi connectivity index (χ0v) is 12.6. The summed E-state index contributed by atoms with van der Waals surface area (Å²) in [5, 5.41) is 5.48. The van der Waals surface area contributed by atoms with E-state index in [9.17, 15) is 9.59 Å². The third-order valence-electron chi connectivity index (χ3n) is 2.69. The van der Waals surface area contributed by atoms with Gasteiger partial charge in [0.25, 0.3) is 5.91 Å². The van der Waals surface area contributed by atoms with Crippen LogP contribution in [0.5, 0.6) is 0 Å². The lowest BCUT2D eigenvalue weighted by atomic mass is 10.1. The summed E-state index contributed by atoms with van der Waals surface area (Å²) in [6.45, 7) is 4.96. The number of benzene rings is 1. The van der Waals surface area contributed by atoms with Crippen molar-refractivity contribution in [2.75, 3.05) is 13.1 Å². The number of carbonyl (C=O) groups excluding carboxylic acids is 2. The molecule has 4 N–H and O–H groups in total. The highest BCUT2D eigenvalue weighted by Gasteiger charge is 2.07. The molecule has 0 aromatic heterocycles. The number of nitrogens with one attached hydrogen (secondary N) is 2. The van der Waals surface area contributed by atoms with Crippen LogP contribution in [0.4, 0.5) is 0 Å². The molecule has 5 nitrogen and oxygen atoms in total.